The molecular formula is C16H20NO+. The number of rotatable bonds is 3. The second-order valence-corrected chi connectivity index (χ2v) is 4.78. The monoisotopic (exact) mass is 242 g/mol. The molecule has 0 radical (unpaired) electrons. The first-order valence-electron chi connectivity index (χ1n) is 6.17. The van der Waals surface area contributed by atoms with E-state index in [9.17, 15) is 0 Å². The van der Waals surface area contributed by atoms with Gasteiger partial charge in [0, 0.05) is 24.3 Å². The molecule has 0 saturated heterocycles. The highest BCUT2D eigenvalue weighted by Gasteiger charge is 2.12. The molecule has 0 saturated carbocycles. The lowest BCUT2D eigenvalue weighted by atomic mass is 10.0. The summed E-state index contributed by atoms with van der Waals surface area (Å²) in [5.74, 6) is 0. The van der Waals surface area contributed by atoms with Gasteiger partial charge in [-0.1, -0.05) is 12.1 Å². The molecule has 0 amide bonds. The van der Waals surface area contributed by atoms with Crippen LogP contribution in [0.4, 0.5) is 0 Å². The molecule has 0 atom stereocenters. The number of hydrogen-bond donors (Lipinski definition) is 0. The highest BCUT2D eigenvalue weighted by molar-refractivity contribution is 5.62. The number of nitrogens with zero attached hydrogens (tertiary/aromatic N) is 1. The lowest BCUT2D eigenvalue weighted by molar-refractivity contribution is -0.660. The first-order chi connectivity index (χ1) is 8.61. The summed E-state index contributed by atoms with van der Waals surface area (Å²) in [7, 11) is 3.82. The van der Waals surface area contributed by atoms with Crippen LogP contribution < -0.4 is 4.57 Å². The molecule has 1 heterocycles. The highest BCUT2D eigenvalue weighted by atomic mass is 16.5. The maximum Gasteiger partial charge on any atom is 0.212 e. The lowest BCUT2D eigenvalue weighted by Gasteiger charge is -2.07. The van der Waals surface area contributed by atoms with Crippen molar-refractivity contribution < 1.29 is 9.30 Å². The van der Waals surface area contributed by atoms with Gasteiger partial charge in [0.15, 0.2) is 6.20 Å². The Morgan fingerprint density at radius 2 is 1.89 bits per heavy atom. The minimum absolute atomic E-state index is 0.656. The Bertz CT molecular complexity index is 561. The standard InChI is InChI=1S/C16H20NO/c1-12-5-8-16(17(3)10-12)15-9-14(11-18-4)7-6-13(15)2/h5-10H,11H2,1-4H3/q+1. The third-order valence-corrected chi connectivity index (χ3v) is 3.17. The number of hydrogen-bond acceptors (Lipinski definition) is 1. The largest absolute Gasteiger partial charge is 0.380 e. The fraction of sp³-hybridized carbons (Fsp3) is 0.312. The van der Waals surface area contributed by atoms with Crippen molar-refractivity contribution in [1.29, 1.82) is 0 Å². The lowest BCUT2D eigenvalue weighted by Crippen LogP contribution is -2.31. The van der Waals surface area contributed by atoms with E-state index in [4.69, 9.17) is 4.74 Å². The van der Waals surface area contributed by atoms with Gasteiger partial charge in [-0.3, -0.25) is 0 Å². The molecule has 1 aromatic carbocycles. The van der Waals surface area contributed by atoms with Crippen LogP contribution in [-0.2, 0) is 18.4 Å². The van der Waals surface area contributed by atoms with Crippen molar-refractivity contribution in [1.82, 2.24) is 0 Å². The Kier molecular flexibility index (Phi) is 3.78. The average Bonchev–Trinajstić information content (AvgIpc) is 2.33. The van der Waals surface area contributed by atoms with Gasteiger partial charge in [0.1, 0.15) is 7.05 Å². The predicted octanol–water partition coefficient (Wildman–Crippen LogP) is 2.94. The molecule has 0 bridgehead atoms. The van der Waals surface area contributed by atoms with Crippen LogP contribution in [0.25, 0.3) is 11.3 Å². The van der Waals surface area contributed by atoms with Gasteiger partial charge >= 0.3 is 0 Å². The molecule has 0 fully saturated rings. The molecule has 0 spiro atoms. The smallest absolute Gasteiger partial charge is 0.212 e. The zero-order valence-electron chi connectivity index (χ0n) is 11.5. The topological polar surface area (TPSA) is 13.1 Å². The van der Waals surface area contributed by atoms with Crippen molar-refractivity contribution in [2.75, 3.05) is 7.11 Å². The summed E-state index contributed by atoms with van der Waals surface area (Å²) in [6.07, 6.45) is 2.15. The third-order valence-electron chi connectivity index (χ3n) is 3.17. The molecule has 18 heavy (non-hydrogen) atoms. The van der Waals surface area contributed by atoms with Crippen molar-refractivity contribution in [2.24, 2.45) is 7.05 Å². The summed E-state index contributed by atoms with van der Waals surface area (Å²) in [6, 6.07) is 10.8. The summed E-state index contributed by atoms with van der Waals surface area (Å²) in [4.78, 5) is 0. The molecule has 0 unspecified atom stereocenters. The number of aromatic nitrogens is 1. The Morgan fingerprint density at radius 3 is 2.56 bits per heavy atom. The van der Waals surface area contributed by atoms with Crippen molar-refractivity contribution in [3.63, 3.8) is 0 Å². The second kappa shape index (κ2) is 5.32. The fourth-order valence-corrected chi connectivity index (χ4v) is 2.23. The van der Waals surface area contributed by atoms with E-state index < -0.39 is 0 Å². The normalized spacial score (nSPS) is 10.7. The highest BCUT2D eigenvalue weighted by Crippen LogP contribution is 2.22. The Labute approximate surface area is 109 Å². The first kappa shape index (κ1) is 12.8. The molecule has 0 aliphatic carbocycles. The maximum absolute atomic E-state index is 5.20. The zero-order valence-corrected chi connectivity index (χ0v) is 11.5. The molecule has 2 nitrogen and oxygen atoms in total. The van der Waals surface area contributed by atoms with Crippen LogP contribution >= 0.6 is 0 Å². The van der Waals surface area contributed by atoms with Crippen LogP contribution in [0.5, 0.6) is 0 Å². The van der Waals surface area contributed by atoms with Gasteiger partial charge in [-0.2, -0.15) is 0 Å². The number of methoxy groups -OCH3 is 1. The van der Waals surface area contributed by atoms with Crippen LogP contribution in [0.2, 0.25) is 0 Å². The number of benzene rings is 1. The summed E-state index contributed by atoms with van der Waals surface area (Å²) in [5.41, 5.74) is 6.27. The average molecular weight is 242 g/mol. The SMILES string of the molecule is COCc1ccc(C)c(-c2ccc(C)c[n+]2C)c1. The zero-order chi connectivity index (χ0) is 13.1. The van der Waals surface area contributed by atoms with Crippen molar-refractivity contribution in [3.8, 4) is 11.3 Å². The Balaban J connectivity index is 2.51. The first-order valence-corrected chi connectivity index (χ1v) is 6.17. The Hall–Kier alpha value is -1.67. The molecule has 0 aliphatic heterocycles. The molecule has 94 valence electrons. The Morgan fingerprint density at radius 1 is 1.11 bits per heavy atom. The van der Waals surface area contributed by atoms with E-state index in [0.29, 0.717) is 6.61 Å². The number of aryl methyl sites for hydroxylation is 3. The van der Waals surface area contributed by atoms with Crippen molar-refractivity contribution in [3.05, 3.63) is 53.2 Å². The molecule has 0 N–H and O–H groups in total. The van der Waals surface area contributed by atoms with Crippen LogP contribution in [0.3, 0.4) is 0 Å². The van der Waals surface area contributed by atoms with Gasteiger partial charge in [-0.15, -0.1) is 0 Å². The van der Waals surface area contributed by atoms with Crippen molar-refractivity contribution >= 4 is 0 Å². The number of ether oxygens (including phenoxy) is 1. The minimum atomic E-state index is 0.656. The van der Waals surface area contributed by atoms with E-state index in [-0.39, 0.29) is 0 Å². The van der Waals surface area contributed by atoms with E-state index in [1.807, 2.05) is 0 Å². The summed E-state index contributed by atoms with van der Waals surface area (Å²) in [5, 5.41) is 0. The second-order valence-electron chi connectivity index (χ2n) is 4.78. The molecular weight excluding hydrogens is 222 g/mol. The quantitative estimate of drug-likeness (QED) is 0.754. The fourth-order valence-electron chi connectivity index (χ4n) is 2.23. The van der Waals surface area contributed by atoms with E-state index in [0.717, 1.165) is 0 Å². The van der Waals surface area contributed by atoms with Crippen LogP contribution in [-0.4, -0.2) is 7.11 Å². The van der Waals surface area contributed by atoms with Crippen LogP contribution in [0.1, 0.15) is 16.7 Å². The van der Waals surface area contributed by atoms with E-state index >= 15 is 0 Å². The van der Waals surface area contributed by atoms with Gasteiger partial charge in [-0.25, -0.2) is 4.57 Å². The van der Waals surface area contributed by atoms with Gasteiger partial charge < -0.3 is 4.74 Å². The summed E-state index contributed by atoms with van der Waals surface area (Å²) >= 11 is 0. The van der Waals surface area contributed by atoms with Crippen LogP contribution in [0.15, 0.2) is 36.5 Å². The van der Waals surface area contributed by atoms with E-state index in [1.165, 1.54) is 27.9 Å². The van der Waals surface area contributed by atoms with Crippen LogP contribution in [0, 0.1) is 13.8 Å². The molecule has 0 aliphatic rings. The number of pyridine rings is 1. The van der Waals surface area contributed by atoms with Gasteiger partial charge in [0.25, 0.3) is 0 Å². The molecule has 1 aromatic heterocycles. The van der Waals surface area contributed by atoms with Gasteiger partial charge in [-0.05, 0) is 37.1 Å². The third kappa shape index (κ3) is 2.59. The van der Waals surface area contributed by atoms with Crippen molar-refractivity contribution in [2.45, 2.75) is 20.5 Å². The molecule has 2 aromatic rings. The van der Waals surface area contributed by atoms with Gasteiger partial charge in [0.2, 0.25) is 5.69 Å². The predicted molar refractivity (Wildman–Crippen MR) is 73.2 cm³/mol. The van der Waals surface area contributed by atoms with E-state index in [2.05, 4.69) is 62.0 Å². The maximum atomic E-state index is 5.20. The minimum Gasteiger partial charge on any atom is -0.380 e. The summed E-state index contributed by atoms with van der Waals surface area (Å²) < 4.78 is 7.38. The molecule has 2 heteroatoms. The molecule has 2 rings (SSSR count). The van der Waals surface area contributed by atoms with Gasteiger partial charge in [0.05, 0.1) is 6.61 Å². The van der Waals surface area contributed by atoms with E-state index in [1.54, 1.807) is 7.11 Å². The summed E-state index contributed by atoms with van der Waals surface area (Å²) in [6.45, 7) is 4.91.